The van der Waals surface area contributed by atoms with Crippen LogP contribution in [0.15, 0.2) is 83.7 Å². The van der Waals surface area contributed by atoms with Gasteiger partial charge >= 0.3 is 0 Å². The maximum Gasteiger partial charge on any atom is 0.139 e. The maximum atomic E-state index is 6.30. The summed E-state index contributed by atoms with van der Waals surface area (Å²) in [6.07, 6.45) is 6.62. The van der Waals surface area contributed by atoms with Gasteiger partial charge < -0.3 is 14.4 Å². The van der Waals surface area contributed by atoms with Crippen LogP contribution in [0.4, 0.5) is 0 Å². The molecule has 0 unspecified atom stereocenters. The van der Waals surface area contributed by atoms with Gasteiger partial charge in [0, 0.05) is 46.8 Å². The van der Waals surface area contributed by atoms with Crippen LogP contribution >= 0.6 is 0 Å². The third-order valence-corrected chi connectivity index (χ3v) is 9.12. The number of rotatable bonds is 4. The van der Waals surface area contributed by atoms with E-state index >= 15 is 0 Å². The van der Waals surface area contributed by atoms with Gasteiger partial charge in [-0.05, 0) is 66.2 Å². The summed E-state index contributed by atoms with van der Waals surface area (Å²) in [5.41, 5.74) is 10.4. The van der Waals surface area contributed by atoms with E-state index in [0.717, 1.165) is 51.0 Å². The van der Waals surface area contributed by atoms with Gasteiger partial charge in [-0.15, -0.1) is 53.2 Å². The predicted molar refractivity (Wildman–Crippen MR) is 178 cm³/mol. The van der Waals surface area contributed by atoms with E-state index < -0.39 is 8.07 Å². The molecule has 0 bridgehead atoms. The zero-order valence-electron chi connectivity index (χ0n) is 26.3. The summed E-state index contributed by atoms with van der Waals surface area (Å²) in [5.74, 6) is 0. The van der Waals surface area contributed by atoms with Gasteiger partial charge in [-0.3, -0.25) is 4.98 Å². The average Bonchev–Trinajstić information content (AvgIpc) is 3.32. The molecule has 0 saturated carbocycles. The zero-order valence-corrected chi connectivity index (χ0v) is 29.7. The minimum Gasteiger partial charge on any atom is -0.499 e. The Bertz CT molecular complexity index is 1850. The summed E-state index contributed by atoms with van der Waals surface area (Å²) in [4.78, 5) is 13.7. The number of furan rings is 1. The summed E-state index contributed by atoms with van der Waals surface area (Å²) in [6.45, 7) is 17.9. The molecule has 0 N–H and O–H groups in total. The largest absolute Gasteiger partial charge is 0.499 e. The summed E-state index contributed by atoms with van der Waals surface area (Å²) in [6, 6.07) is 27.1. The van der Waals surface area contributed by atoms with Gasteiger partial charge in [0.1, 0.15) is 5.58 Å². The van der Waals surface area contributed by atoms with E-state index in [2.05, 4.69) is 106 Å². The van der Waals surface area contributed by atoms with Crippen molar-refractivity contribution in [1.82, 2.24) is 15.0 Å². The standard InChI is InChI=1S/C24H27N2OSi.C13H12N.Ir/c1-24(2,3)15-16-11-13-25-18(14-16)17-9-10-20(28(4,5)6)21-22-19(27-23(17)21)8-7-12-26-22;1-10-8-11(2)13(14-9-10)12-6-4-3-5-7-12;/h7-8,10-14H,15H2,1-6H3;3-6,8-9H,1-2H3;/q2*-1;. The van der Waals surface area contributed by atoms with Gasteiger partial charge in [0.2, 0.25) is 0 Å². The van der Waals surface area contributed by atoms with Crippen molar-refractivity contribution < 1.29 is 24.5 Å². The van der Waals surface area contributed by atoms with Crippen LogP contribution in [0.3, 0.4) is 0 Å². The second-order valence-electron chi connectivity index (χ2n) is 13.2. The second kappa shape index (κ2) is 13.0. The van der Waals surface area contributed by atoms with Crippen molar-refractivity contribution in [3.05, 3.63) is 108 Å². The minimum atomic E-state index is -1.60. The first kappa shape index (κ1) is 32.5. The fourth-order valence-corrected chi connectivity index (χ4v) is 6.78. The SMILES string of the molecule is CC(C)(C)Cc1ccnc(-c2[c-]cc([Si](C)(C)C)c3c2oc2cccnc23)c1.Cc1cnc(-c2[c-]cccc2)c(C)c1.[Ir]. The normalized spacial score (nSPS) is 11.6. The number of pyridine rings is 3. The summed E-state index contributed by atoms with van der Waals surface area (Å²) in [7, 11) is -1.60. The van der Waals surface area contributed by atoms with Crippen LogP contribution in [-0.2, 0) is 26.5 Å². The molecule has 2 aromatic carbocycles. The molecule has 6 aromatic rings. The summed E-state index contributed by atoms with van der Waals surface area (Å²) >= 11 is 0. The van der Waals surface area contributed by atoms with E-state index in [1.165, 1.54) is 21.9 Å². The van der Waals surface area contributed by atoms with Crippen molar-refractivity contribution in [1.29, 1.82) is 0 Å². The number of nitrogens with zero attached hydrogens (tertiary/aromatic N) is 3. The Morgan fingerprint density at radius 1 is 0.884 bits per heavy atom. The van der Waals surface area contributed by atoms with Crippen LogP contribution in [0, 0.1) is 31.4 Å². The predicted octanol–water partition coefficient (Wildman–Crippen LogP) is 9.14. The van der Waals surface area contributed by atoms with Crippen LogP contribution in [0.1, 0.15) is 37.5 Å². The molecular weight excluding hydrogens is 723 g/mol. The molecular formula is C37H39IrN3OSi-2. The van der Waals surface area contributed by atoms with Crippen molar-refractivity contribution in [3.63, 3.8) is 0 Å². The summed E-state index contributed by atoms with van der Waals surface area (Å²) in [5, 5.41) is 2.46. The van der Waals surface area contributed by atoms with E-state index in [1.807, 2.05) is 55.0 Å². The molecule has 4 heterocycles. The van der Waals surface area contributed by atoms with E-state index in [4.69, 9.17) is 4.42 Å². The third-order valence-electron chi connectivity index (χ3n) is 7.11. The number of benzene rings is 2. The van der Waals surface area contributed by atoms with Gasteiger partial charge in [-0.2, -0.15) is 0 Å². The molecule has 6 heteroatoms. The Hall–Kier alpha value is -3.44. The molecule has 0 aliphatic rings. The molecule has 0 fully saturated rings. The molecule has 4 nitrogen and oxygen atoms in total. The van der Waals surface area contributed by atoms with Crippen LogP contribution in [0.2, 0.25) is 19.6 Å². The smallest absolute Gasteiger partial charge is 0.139 e. The topological polar surface area (TPSA) is 51.8 Å². The molecule has 43 heavy (non-hydrogen) atoms. The van der Waals surface area contributed by atoms with E-state index in [1.54, 1.807) is 0 Å². The van der Waals surface area contributed by atoms with Crippen LogP contribution in [-0.4, -0.2) is 23.0 Å². The van der Waals surface area contributed by atoms with Crippen LogP contribution < -0.4 is 5.19 Å². The molecule has 0 atom stereocenters. The first-order valence-electron chi connectivity index (χ1n) is 14.5. The molecule has 223 valence electrons. The maximum absolute atomic E-state index is 6.30. The van der Waals surface area contributed by atoms with E-state index in [9.17, 15) is 0 Å². The fraction of sp³-hybridized carbons (Fsp3) is 0.270. The van der Waals surface area contributed by atoms with Gasteiger partial charge in [0.15, 0.2) is 0 Å². The second-order valence-corrected chi connectivity index (χ2v) is 18.3. The third kappa shape index (κ3) is 7.56. The average molecular weight is 762 g/mol. The van der Waals surface area contributed by atoms with Crippen molar-refractivity contribution in [3.8, 4) is 22.5 Å². The van der Waals surface area contributed by atoms with Crippen molar-refractivity contribution in [2.45, 2.75) is 60.7 Å². The molecule has 0 aliphatic heterocycles. The molecule has 1 radical (unpaired) electrons. The molecule has 0 amide bonds. The molecule has 6 rings (SSSR count). The minimum absolute atomic E-state index is 0. The van der Waals surface area contributed by atoms with Gasteiger partial charge in [0.25, 0.3) is 0 Å². The van der Waals surface area contributed by atoms with Crippen molar-refractivity contribution in [2.75, 3.05) is 0 Å². The molecule has 4 aromatic heterocycles. The zero-order chi connectivity index (χ0) is 30.1. The first-order chi connectivity index (χ1) is 19.9. The van der Waals surface area contributed by atoms with Crippen molar-refractivity contribution in [2.24, 2.45) is 5.41 Å². The van der Waals surface area contributed by atoms with Crippen LogP contribution in [0.25, 0.3) is 44.6 Å². The quantitative estimate of drug-likeness (QED) is 0.133. The Labute approximate surface area is 270 Å². The van der Waals surface area contributed by atoms with Gasteiger partial charge in [-0.25, -0.2) is 0 Å². The monoisotopic (exact) mass is 762 g/mol. The molecule has 0 aliphatic carbocycles. The number of hydrogen-bond donors (Lipinski definition) is 0. The number of aromatic nitrogens is 3. The molecule has 0 spiro atoms. The molecule has 0 saturated heterocycles. The Morgan fingerprint density at radius 3 is 2.35 bits per heavy atom. The Morgan fingerprint density at radius 2 is 1.67 bits per heavy atom. The summed E-state index contributed by atoms with van der Waals surface area (Å²) < 4.78 is 6.30. The van der Waals surface area contributed by atoms with Gasteiger partial charge in [0.05, 0.1) is 11.1 Å². The van der Waals surface area contributed by atoms with E-state index in [-0.39, 0.29) is 25.5 Å². The number of aryl methyl sites for hydroxylation is 2. The Balaban J connectivity index is 0.000000238. The fourth-order valence-electron chi connectivity index (χ4n) is 5.29. The number of fused-ring (bicyclic) bond motifs is 3. The van der Waals surface area contributed by atoms with Crippen molar-refractivity contribution >= 4 is 35.3 Å². The van der Waals surface area contributed by atoms with Gasteiger partial charge in [-0.1, -0.05) is 69.2 Å². The first-order valence-corrected chi connectivity index (χ1v) is 18.0. The van der Waals surface area contributed by atoms with Crippen LogP contribution in [0.5, 0.6) is 0 Å². The Kier molecular flexibility index (Phi) is 9.85. The number of hydrogen-bond acceptors (Lipinski definition) is 4. The van der Waals surface area contributed by atoms with E-state index in [0.29, 0.717) is 0 Å².